The summed E-state index contributed by atoms with van der Waals surface area (Å²) < 4.78 is 11.1. The van der Waals surface area contributed by atoms with Crippen LogP contribution in [0.3, 0.4) is 0 Å². The number of rotatable bonds is 3. The number of carbonyl (C=O) groups excluding carboxylic acids is 1. The van der Waals surface area contributed by atoms with Crippen molar-refractivity contribution in [3.63, 3.8) is 0 Å². The van der Waals surface area contributed by atoms with E-state index < -0.39 is 0 Å². The van der Waals surface area contributed by atoms with Crippen molar-refractivity contribution in [2.45, 2.75) is 12.5 Å². The maximum Gasteiger partial charge on any atom is 0.228 e. The summed E-state index contributed by atoms with van der Waals surface area (Å²) in [5.74, 6) is 0.0540. The molecule has 1 fully saturated rings. The van der Waals surface area contributed by atoms with Crippen LogP contribution in [0.5, 0.6) is 0 Å². The van der Waals surface area contributed by atoms with Crippen LogP contribution in [0, 0.1) is 0 Å². The second-order valence-electron chi connectivity index (χ2n) is 5.91. The van der Waals surface area contributed by atoms with E-state index in [4.69, 9.17) is 9.26 Å². The molecule has 0 aliphatic carbocycles. The fourth-order valence-electron chi connectivity index (χ4n) is 3.07. The molecule has 4 rings (SSSR count). The molecule has 2 aromatic carbocycles. The Morgan fingerprint density at radius 2 is 1.92 bits per heavy atom. The lowest BCUT2D eigenvalue weighted by Gasteiger charge is -2.33. The van der Waals surface area contributed by atoms with Gasteiger partial charge in [0.05, 0.1) is 19.6 Å². The molecule has 1 atom stereocenters. The molecule has 1 saturated heterocycles. The van der Waals surface area contributed by atoms with E-state index in [-0.39, 0.29) is 18.4 Å². The average Bonchev–Trinajstić information content (AvgIpc) is 3.06. The van der Waals surface area contributed by atoms with Crippen LogP contribution in [-0.4, -0.2) is 35.7 Å². The zero-order valence-corrected chi connectivity index (χ0v) is 13.2. The number of para-hydroxylation sites is 1. The van der Waals surface area contributed by atoms with Gasteiger partial charge in [-0.25, -0.2) is 0 Å². The van der Waals surface area contributed by atoms with Crippen molar-refractivity contribution in [1.29, 1.82) is 0 Å². The predicted octanol–water partition coefficient (Wildman–Crippen LogP) is 2.97. The van der Waals surface area contributed by atoms with E-state index in [2.05, 4.69) is 5.16 Å². The van der Waals surface area contributed by atoms with Crippen LogP contribution in [0.1, 0.15) is 17.4 Å². The van der Waals surface area contributed by atoms with Crippen LogP contribution >= 0.6 is 0 Å². The number of ether oxygens (including phenoxy) is 1. The summed E-state index contributed by atoms with van der Waals surface area (Å²) in [6.45, 7) is 1.72. The maximum absolute atomic E-state index is 12.7. The van der Waals surface area contributed by atoms with Crippen molar-refractivity contribution < 1.29 is 14.1 Å². The van der Waals surface area contributed by atoms with Gasteiger partial charge in [-0.2, -0.15) is 0 Å². The summed E-state index contributed by atoms with van der Waals surface area (Å²) in [5.41, 5.74) is 2.50. The van der Waals surface area contributed by atoms with E-state index in [0.717, 1.165) is 10.9 Å². The Hall–Kier alpha value is -2.66. The quantitative estimate of drug-likeness (QED) is 0.744. The van der Waals surface area contributed by atoms with Gasteiger partial charge in [-0.1, -0.05) is 47.6 Å². The highest BCUT2D eigenvalue weighted by Crippen LogP contribution is 2.23. The summed E-state index contributed by atoms with van der Waals surface area (Å²) >= 11 is 0. The molecule has 2 heterocycles. The number of hydrogen-bond acceptors (Lipinski definition) is 4. The number of benzene rings is 2. The molecule has 1 amide bonds. The molecule has 122 valence electrons. The highest BCUT2D eigenvalue weighted by molar-refractivity contribution is 5.86. The molecule has 0 bridgehead atoms. The Morgan fingerprint density at radius 3 is 2.79 bits per heavy atom. The van der Waals surface area contributed by atoms with Crippen molar-refractivity contribution >= 4 is 16.9 Å². The van der Waals surface area contributed by atoms with Crippen LogP contribution in [0.15, 0.2) is 59.1 Å². The van der Waals surface area contributed by atoms with Gasteiger partial charge in [0, 0.05) is 11.9 Å². The Bertz CT molecular complexity index is 844. The first-order valence-corrected chi connectivity index (χ1v) is 8.09. The topological polar surface area (TPSA) is 55.6 Å². The molecule has 5 nitrogen and oxygen atoms in total. The second-order valence-corrected chi connectivity index (χ2v) is 5.91. The summed E-state index contributed by atoms with van der Waals surface area (Å²) in [5, 5.41) is 4.96. The average molecular weight is 322 g/mol. The van der Waals surface area contributed by atoms with Crippen molar-refractivity contribution in [1.82, 2.24) is 10.1 Å². The van der Waals surface area contributed by atoms with Crippen LogP contribution in [0.4, 0.5) is 0 Å². The number of amides is 1. The zero-order chi connectivity index (χ0) is 16.4. The minimum atomic E-state index is -0.0713. The van der Waals surface area contributed by atoms with Crippen LogP contribution in [0.2, 0.25) is 0 Å². The largest absolute Gasteiger partial charge is 0.370 e. The number of fused-ring (bicyclic) bond motifs is 1. The first-order valence-electron chi connectivity index (χ1n) is 8.09. The third-order valence-corrected chi connectivity index (χ3v) is 4.36. The first kappa shape index (κ1) is 14.9. The molecule has 1 aliphatic heterocycles. The summed E-state index contributed by atoms with van der Waals surface area (Å²) in [4.78, 5) is 14.5. The van der Waals surface area contributed by atoms with E-state index in [1.54, 1.807) is 0 Å². The summed E-state index contributed by atoms with van der Waals surface area (Å²) in [7, 11) is 0. The minimum absolute atomic E-state index is 0.0540. The molecular formula is C19H18N2O3. The standard InChI is InChI=1S/C19H18N2O3/c22-19(12-16-15-8-4-5-9-17(15)24-20-16)21-10-11-23-18(13-21)14-6-2-1-3-7-14/h1-9,18H,10-13H2/t18-/m1/s1. The Balaban J connectivity index is 1.48. The summed E-state index contributed by atoms with van der Waals surface area (Å²) in [6, 6.07) is 17.6. The smallest absolute Gasteiger partial charge is 0.228 e. The van der Waals surface area contributed by atoms with E-state index in [0.29, 0.717) is 31.0 Å². The molecule has 5 heteroatoms. The van der Waals surface area contributed by atoms with Gasteiger partial charge in [-0.15, -0.1) is 0 Å². The number of hydrogen-bond donors (Lipinski definition) is 0. The summed E-state index contributed by atoms with van der Waals surface area (Å²) in [6.07, 6.45) is 0.177. The fourth-order valence-corrected chi connectivity index (χ4v) is 3.07. The van der Waals surface area contributed by atoms with E-state index in [1.165, 1.54) is 0 Å². The molecule has 0 saturated carbocycles. The van der Waals surface area contributed by atoms with Crippen molar-refractivity contribution in [3.05, 3.63) is 65.9 Å². The normalized spacial score (nSPS) is 18.0. The Kier molecular flexibility index (Phi) is 4.01. The molecule has 0 radical (unpaired) electrons. The number of nitrogens with zero attached hydrogens (tertiary/aromatic N) is 2. The van der Waals surface area contributed by atoms with Crippen molar-refractivity contribution in [2.75, 3.05) is 19.7 Å². The van der Waals surface area contributed by atoms with Crippen LogP contribution < -0.4 is 0 Å². The molecule has 3 aromatic rings. The van der Waals surface area contributed by atoms with Crippen LogP contribution in [0.25, 0.3) is 11.0 Å². The van der Waals surface area contributed by atoms with Gasteiger partial charge in [0.25, 0.3) is 0 Å². The van der Waals surface area contributed by atoms with Gasteiger partial charge in [-0.05, 0) is 17.7 Å². The second kappa shape index (κ2) is 6.45. The Morgan fingerprint density at radius 1 is 1.12 bits per heavy atom. The number of carbonyl (C=O) groups is 1. The Labute approximate surface area is 139 Å². The van der Waals surface area contributed by atoms with E-state index in [9.17, 15) is 4.79 Å². The molecule has 0 N–H and O–H groups in total. The number of morpholine rings is 1. The molecule has 1 aliphatic rings. The molecular weight excluding hydrogens is 304 g/mol. The van der Waals surface area contributed by atoms with Crippen molar-refractivity contribution in [3.8, 4) is 0 Å². The van der Waals surface area contributed by atoms with Gasteiger partial charge in [-0.3, -0.25) is 4.79 Å². The van der Waals surface area contributed by atoms with Crippen molar-refractivity contribution in [2.24, 2.45) is 0 Å². The number of aromatic nitrogens is 1. The van der Waals surface area contributed by atoms with Gasteiger partial charge < -0.3 is 14.2 Å². The highest BCUT2D eigenvalue weighted by atomic mass is 16.5. The minimum Gasteiger partial charge on any atom is -0.370 e. The van der Waals surface area contributed by atoms with Crippen LogP contribution in [-0.2, 0) is 16.0 Å². The molecule has 1 aromatic heterocycles. The highest BCUT2D eigenvalue weighted by Gasteiger charge is 2.26. The lowest BCUT2D eigenvalue weighted by Crippen LogP contribution is -2.43. The van der Waals surface area contributed by atoms with Gasteiger partial charge in [0.1, 0.15) is 11.8 Å². The lowest BCUT2D eigenvalue weighted by atomic mass is 10.1. The third-order valence-electron chi connectivity index (χ3n) is 4.36. The zero-order valence-electron chi connectivity index (χ0n) is 13.2. The van der Waals surface area contributed by atoms with E-state index in [1.807, 2.05) is 59.5 Å². The maximum atomic E-state index is 12.7. The third kappa shape index (κ3) is 2.90. The lowest BCUT2D eigenvalue weighted by molar-refractivity contribution is -0.138. The molecule has 24 heavy (non-hydrogen) atoms. The monoisotopic (exact) mass is 322 g/mol. The SMILES string of the molecule is O=C(Cc1noc2ccccc12)N1CCO[C@@H](c2ccccc2)C1. The molecule has 0 unspecified atom stereocenters. The van der Waals surface area contributed by atoms with Gasteiger partial charge in [0.2, 0.25) is 5.91 Å². The van der Waals surface area contributed by atoms with Gasteiger partial charge >= 0.3 is 0 Å². The van der Waals surface area contributed by atoms with Gasteiger partial charge in [0.15, 0.2) is 5.58 Å². The molecule has 0 spiro atoms. The predicted molar refractivity (Wildman–Crippen MR) is 89.4 cm³/mol. The van der Waals surface area contributed by atoms with E-state index >= 15 is 0 Å². The fraction of sp³-hybridized carbons (Fsp3) is 0.263. The first-order chi connectivity index (χ1) is 11.8.